The summed E-state index contributed by atoms with van der Waals surface area (Å²) in [7, 11) is -3.88. The molecule has 2 rings (SSSR count). The van der Waals surface area contributed by atoms with Gasteiger partial charge < -0.3 is 0 Å². The molecule has 0 aliphatic heterocycles. The predicted octanol–water partition coefficient (Wildman–Crippen LogP) is 4.87. The van der Waals surface area contributed by atoms with Gasteiger partial charge in [0.05, 0.1) is 14.5 Å². The summed E-state index contributed by atoms with van der Waals surface area (Å²) in [5.41, 5.74) is -0.136. The Morgan fingerprint density at radius 3 is 2.53 bits per heavy atom. The van der Waals surface area contributed by atoms with Gasteiger partial charge in [-0.2, -0.15) is 0 Å². The number of rotatable bonds is 3. The first-order valence-corrected chi connectivity index (χ1v) is 8.99. The normalized spacial score (nSPS) is 11.6. The molecule has 1 aromatic heterocycles. The molecule has 0 aliphatic rings. The average molecular weight is 450 g/mol. The second-order valence-corrected chi connectivity index (χ2v) is 8.93. The molecule has 102 valence electrons. The van der Waals surface area contributed by atoms with E-state index in [1.165, 1.54) is 24.3 Å². The molecular weight excluding hydrogens is 445 g/mol. The summed E-state index contributed by atoms with van der Waals surface area (Å²) >= 11 is 13.0. The predicted molar refractivity (Wildman–Crippen MR) is 81.9 cm³/mol. The van der Waals surface area contributed by atoms with Crippen LogP contribution in [0.3, 0.4) is 0 Å². The zero-order chi connectivity index (χ0) is 14.2. The highest BCUT2D eigenvalue weighted by Crippen LogP contribution is 2.36. The molecule has 0 saturated heterocycles. The summed E-state index contributed by atoms with van der Waals surface area (Å²) in [6.45, 7) is 0. The summed E-state index contributed by atoms with van der Waals surface area (Å²) in [5, 5.41) is 0.290. The van der Waals surface area contributed by atoms with Crippen LogP contribution in [0, 0.1) is 5.82 Å². The van der Waals surface area contributed by atoms with Gasteiger partial charge in [-0.3, -0.25) is 4.72 Å². The average Bonchev–Trinajstić information content (AvgIpc) is 2.66. The second-order valence-electron chi connectivity index (χ2n) is 3.39. The Bertz CT molecular complexity index is 693. The van der Waals surface area contributed by atoms with Crippen LogP contribution in [0.25, 0.3) is 0 Å². The van der Waals surface area contributed by atoms with E-state index in [2.05, 4.69) is 36.6 Å². The van der Waals surface area contributed by atoms with Crippen LogP contribution in [0.1, 0.15) is 0 Å². The molecule has 0 atom stereocenters. The minimum atomic E-state index is -3.88. The Labute approximate surface area is 135 Å². The molecule has 1 N–H and O–H groups in total. The molecule has 1 heterocycles. The van der Waals surface area contributed by atoms with Crippen molar-refractivity contribution in [1.29, 1.82) is 0 Å². The number of hydrogen-bond donors (Lipinski definition) is 1. The Kier molecular flexibility index (Phi) is 4.56. The van der Waals surface area contributed by atoms with Crippen LogP contribution >= 0.6 is 54.8 Å². The highest BCUT2D eigenvalue weighted by molar-refractivity contribution is 9.11. The van der Waals surface area contributed by atoms with Crippen molar-refractivity contribution in [3.63, 3.8) is 0 Å². The summed E-state index contributed by atoms with van der Waals surface area (Å²) < 4.78 is 40.8. The van der Waals surface area contributed by atoms with E-state index in [1.807, 2.05) is 0 Å². The number of para-hydroxylation sites is 1. The third-order valence-electron chi connectivity index (χ3n) is 2.09. The molecule has 0 radical (unpaired) electrons. The number of sulfonamides is 1. The van der Waals surface area contributed by atoms with E-state index >= 15 is 0 Å². The quantitative estimate of drug-likeness (QED) is 0.727. The Hall–Kier alpha value is -0.150. The van der Waals surface area contributed by atoms with Gasteiger partial charge in [0, 0.05) is 4.47 Å². The number of nitrogens with one attached hydrogen (secondary N) is 1. The van der Waals surface area contributed by atoms with Crippen molar-refractivity contribution in [2.24, 2.45) is 0 Å². The van der Waals surface area contributed by atoms with Gasteiger partial charge in [-0.15, -0.1) is 11.3 Å². The molecule has 0 aliphatic carbocycles. The topological polar surface area (TPSA) is 46.2 Å². The van der Waals surface area contributed by atoms with Crippen molar-refractivity contribution >= 4 is 70.5 Å². The van der Waals surface area contributed by atoms with E-state index in [4.69, 9.17) is 11.6 Å². The lowest BCUT2D eigenvalue weighted by Crippen LogP contribution is -2.13. The molecule has 0 saturated carbocycles. The summed E-state index contributed by atoms with van der Waals surface area (Å²) in [4.78, 5) is 0. The standard InChI is InChI=1S/C10H5Br2ClFNO2S2/c11-5-2-1-3-7(14)9(5)15-19(16,17)8-4-6(13)10(12)18-8/h1-4,15H. The van der Waals surface area contributed by atoms with Gasteiger partial charge in [-0.1, -0.05) is 17.7 Å². The molecular formula is C10H5Br2ClFNO2S2. The number of benzene rings is 1. The second kappa shape index (κ2) is 5.69. The summed E-state index contributed by atoms with van der Waals surface area (Å²) in [6, 6.07) is 5.47. The van der Waals surface area contributed by atoms with Crippen LogP contribution in [0.5, 0.6) is 0 Å². The van der Waals surface area contributed by atoms with Crippen LogP contribution in [0.4, 0.5) is 10.1 Å². The lowest BCUT2D eigenvalue weighted by molar-refractivity contribution is 0.600. The first-order chi connectivity index (χ1) is 8.81. The number of anilines is 1. The number of hydrogen-bond acceptors (Lipinski definition) is 3. The number of halogens is 4. The molecule has 2 aromatic rings. The zero-order valence-electron chi connectivity index (χ0n) is 8.95. The fourth-order valence-corrected chi connectivity index (χ4v) is 5.30. The van der Waals surface area contributed by atoms with Gasteiger partial charge in [0.1, 0.15) is 10.0 Å². The van der Waals surface area contributed by atoms with Crippen LogP contribution in [-0.4, -0.2) is 8.42 Å². The monoisotopic (exact) mass is 447 g/mol. The van der Waals surface area contributed by atoms with E-state index in [9.17, 15) is 12.8 Å². The Balaban J connectivity index is 2.42. The largest absolute Gasteiger partial charge is 0.275 e. The maximum absolute atomic E-state index is 13.6. The maximum atomic E-state index is 13.6. The van der Waals surface area contributed by atoms with Gasteiger partial charge >= 0.3 is 0 Å². The van der Waals surface area contributed by atoms with Crippen LogP contribution < -0.4 is 4.72 Å². The minimum Gasteiger partial charge on any atom is -0.275 e. The Morgan fingerprint density at radius 1 is 1.32 bits per heavy atom. The lowest BCUT2D eigenvalue weighted by Gasteiger charge is -2.08. The van der Waals surface area contributed by atoms with Gasteiger partial charge in [0.25, 0.3) is 10.0 Å². The third-order valence-corrected chi connectivity index (χ3v) is 7.05. The van der Waals surface area contributed by atoms with Crippen molar-refractivity contribution in [3.05, 3.63) is 43.4 Å². The first-order valence-electron chi connectivity index (χ1n) is 4.73. The van der Waals surface area contributed by atoms with Crippen LogP contribution in [0.2, 0.25) is 5.02 Å². The maximum Gasteiger partial charge on any atom is 0.271 e. The van der Waals surface area contributed by atoms with Crippen molar-refractivity contribution in [2.45, 2.75) is 4.21 Å². The van der Waals surface area contributed by atoms with Crippen molar-refractivity contribution in [3.8, 4) is 0 Å². The first kappa shape index (κ1) is 15.2. The van der Waals surface area contributed by atoms with Crippen LogP contribution in [-0.2, 0) is 10.0 Å². The smallest absolute Gasteiger partial charge is 0.271 e. The van der Waals surface area contributed by atoms with Crippen molar-refractivity contribution in [2.75, 3.05) is 4.72 Å². The van der Waals surface area contributed by atoms with Gasteiger partial charge in [-0.05, 0) is 50.1 Å². The van der Waals surface area contributed by atoms with Gasteiger partial charge in [-0.25, -0.2) is 12.8 Å². The van der Waals surface area contributed by atoms with Gasteiger partial charge in [0.15, 0.2) is 0 Å². The molecule has 0 amide bonds. The van der Waals surface area contributed by atoms with E-state index in [0.717, 1.165) is 11.3 Å². The molecule has 0 spiro atoms. The number of thiophene rings is 1. The zero-order valence-corrected chi connectivity index (χ0v) is 14.5. The molecule has 9 heteroatoms. The lowest BCUT2D eigenvalue weighted by atomic mass is 10.3. The molecule has 0 unspecified atom stereocenters. The van der Waals surface area contributed by atoms with Crippen molar-refractivity contribution < 1.29 is 12.8 Å². The molecule has 19 heavy (non-hydrogen) atoms. The molecule has 0 bridgehead atoms. The Morgan fingerprint density at radius 2 is 2.00 bits per heavy atom. The highest BCUT2D eigenvalue weighted by Gasteiger charge is 2.21. The van der Waals surface area contributed by atoms with E-state index < -0.39 is 15.8 Å². The van der Waals surface area contributed by atoms with E-state index in [-0.39, 0.29) is 14.9 Å². The molecule has 1 aromatic carbocycles. The molecule has 0 fully saturated rings. The summed E-state index contributed by atoms with van der Waals surface area (Å²) in [5.74, 6) is -0.667. The minimum absolute atomic E-state index is 0.000437. The van der Waals surface area contributed by atoms with E-state index in [1.54, 1.807) is 0 Å². The highest BCUT2D eigenvalue weighted by atomic mass is 79.9. The fraction of sp³-hybridized carbons (Fsp3) is 0. The van der Waals surface area contributed by atoms with Crippen molar-refractivity contribution in [1.82, 2.24) is 0 Å². The van der Waals surface area contributed by atoms with Crippen LogP contribution in [0.15, 0.2) is 36.7 Å². The molecule has 3 nitrogen and oxygen atoms in total. The van der Waals surface area contributed by atoms with Gasteiger partial charge in [0.2, 0.25) is 0 Å². The fourth-order valence-electron chi connectivity index (χ4n) is 1.24. The van der Waals surface area contributed by atoms with E-state index in [0.29, 0.717) is 8.26 Å². The summed E-state index contributed by atoms with van der Waals surface area (Å²) in [6.07, 6.45) is 0. The SMILES string of the molecule is O=S(=O)(Nc1c(F)cccc1Br)c1cc(Cl)c(Br)s1. The third kappa shape index (κ3) is 3.30.